The number of fused-ring (bicyclic) bond motifs is 1. The van der Waals surface area contributed by atoms with Crippen LogP contribution < -0.4 is 4.31 Å². The zero-order chi connectivity index (χ0) is 12.7. The molecule has 0 bridgehead atoms. The highest BCUT2D eigenvalue weighted by atomic mass is 32.2. The maximum Gasteiger partial charge on any atom is 0.235 e. The summed E-state index contributed by atoms with van der Waals surface area (Å²) in [5, 5.41) is 0. The zero-order valence-electron chi connectivity index (χ0n) is 10.6. The molecule has 1 aromatic rings. The molecule has 0 unspecified atom stereocenters. The van der Waals surface area contributed by atoms with Gasteiger partial charge < -0.3 is 0 Å². The van der Waals surface area contributed by atoms with Gasteiger partial charge >= 0.3 is 0 Å². The Morgan fingerprint density at radius 3 is 2.59 bits per heavy atom. The van der Waals surface area contributed by atoms with E-state index in [1.54, 1.807) is 4.31 Å². The van der Waals surface area contributed by atoms with Gasteiger partial charge in [-0.2, -0.15) is 0 Å². The van der Waals surface area contributed by atoms with Crippen LogP contribution in [0, 0.1) is 0 Å². The van der Waals surface area contributed by atoms with Crippen LogP contribution in [0.1, 0.15) is 32.8 Å². The lowest BCUT2D eigenvalue weighted by Gasteiger charge is -2.21. The van der Waals surface area contributed by atoms with Crippen LogP contribution in [-0.2, 0) is 15.4 Å². The number of nitrogens with zero attached hydrogens (tertiary/aromatic N) is 1. The lowest BCUT2D eigenvalue weighted by atomic mass is 9.87. The molecule has 0 amide bonds. The lowest BCUT2D eigenvalue weighted by Crippen LogP contribution is -2.35. The van der Waals surface area contributed by atoms with Crippen LogP contribution in [0.5, 0.6) is 0 Å². The number of anilines is 1. The first-order valence-corrected chi connectivity index (χ1v) is 7.59. The van der Waals surface area contributed by atoms with Crippen molar-refractivity contribution in [3.63, 3.8) is 0 Å². The van der Waals surface area contributed by atoms with Gasteiger partial charge in [0, 0.05) is 12.0 Å². The van der Waals surface area contributed by atoms with Crippen molar-refractivity contribution in [1.82, 2.24) is 0 Å². The van der Waals surface area contributed by atoms with E-state index >= 15 is 0 Å². The van der Waals surface area contributed by atoms with Gasteiger partial charge in [0.1, 0.15) is 0 Å². The maximum absolute atomic E-state index is 12.2. The molecule has 0 radical (unpaired) electrons. The van der Waals surface area contributed by atoms with E-state index in [1.165, 1.54) is 0 Å². The second-order valence-corrected chi connectivity index (χ2v) is 7.24. The van der Waals surface area contributed by atoms with Gasteiger partial charge in [-0.05, 0) is 18.1 Å². The summed E-state index contributed by atoms with van der Waals surface area (Å²) >= 11 is 0. The third kappa shape index (κ3) is 2.06. The van der Waals surface area contributed by atoms with Crippen molar-refractivity contribution in [1.29, 1.82) is 0 Å². The Bertz CT molecular complexity index is 520. The van der Waals surface area contributed by atoms with E-state index in [0.717, 1.165) is 11.3 Å². The predicted octanol–water partition coefficient (Wildman–Crippen LogP) is 2.52. The van der Waals surface area contributed by atoms with Crippen molar-refractivity contribution in [2.45, 2.75) is 32.6 Å². The van der Waals surface area contributed by atoms with Crippen LogP contribution in [0.25, 0.3) is 0 Å². The number of hydrogen-bond acceptors (Lipinski definition) is 2. The van der Waals surface area contributed by atoms with E-state index in [-0.39, 0.29) is 11.2 Å². The first kappa shape index (κ1) is 12.4. The zero-order valence-corrected chi connectivity index (χ0v) is 11.4. The van der Waals surface area contributed by atoms with Crippen molar-refractivity contribution in [3.8, 4) is 0 Å². The highest BCUT2D eigenvalue weighted by Crippen LogP contribution is 2.41. The Labute approximate surface area is 104 Å². The highest BCUT2D eigenvalue weighted by Gasteiger charge is 2.39. The average Bonchev–Trinajstić information content (AvgIpc) is 2.53. The second-order valence-electron chi connectivity index (χ2n) is 5.22. The fraction of sp³-hybridized carbons (Fsp3) is 0.538. The second kappa shape index (κ2) is 4.02. The van der Waals surface area contributed by atoms with Crippen molar-refractivity contribution in [3.05, 3.63) is 29.8 Å². The molecule has 0 atom stereocenters. The Balaban J connectivity index is 2.49. The van der Waals surface area contributed by atoms with Gasteiger partial charge in [0.25, 0.3) is 0 Å². The standard InChI is InChI=1S/C13H19NO2S/c1-4-9-17(15,16)14-10-13(2,3)11-7-5-6-8-12(11)14/h5-8H,4,9-10H2,1-3H3. The molecule has 0 saturated heterocycles. The molecule has 1 aliphatic rings. The number of sulfonamides is 1. The Kier molecular flexibility index (Phi) is 2.94. The van der Waals surface area contributed by atoms with Gasteiger partial charge in [-0.15, -0.1) is 0 Å². The van der Waals surface area contributed by atoms with Crippen LogP contribution in [0.2, 0.25) is 0 Å². The van der Waals surface area contributed by atoms with E-state index in [9.17, 15) is 8.42 Å². The topological polar surface area (TPSA) is 37.4 Å². The summed E-state index contributed by atoms with van der Waals surface area (Å²) in [6.07, 6.45) is 0.654. The molecule has 3 nitrogen and oxygen atoms in total. The van der Waals surface area contributed by atoms with Gasteiger partial charge in [-0.1, -0.05) is 39.0 Å². The number of hydrogen-bond donors (Lipinski definition) is 0. The molecule has 0 spiro atoms. The summed E-state index contributed by atoms with van der Waals surface area (Å²) in [6, 6.07) is 7.79. The van der Waals surface area contributed by atoms with Gasteiger partial charge in [0.15, 0.2) is 0 Å². The van der Waals surface area contributed by atoms with E-state index in [1.807, 2.05) is 31.2 Å². The van der Waals surface area contributed by atoms with Crippen molar-refractivity contribution in [2.24, 2.45) is 0 Å². The molecule has 0 aromatic heterocycles. The van der Waals surface area contributed by atoms with E-state index in [0.29, 0.717) is 13.0 Å². The highest BCUT2D eigenvalue weighted by molar-refractivity contribution is 7.92. The van der Waals surface area contributed by atoms with Gasteiger partial charge in [-0.25, -0.2) is 8.42 Å². The summed E-state index contributed by atoms with van der Waals surface area (Å²) in [5.41, 5.74) is 1.88. The van der Waals surface area contributed by atoms with Crippen molar-refractivity contribution >= 4 is 15.7 Å². The molecule has 2 rings (SSSR count). The van der Waals surface area contributed by atoms with Crippen LogP contribution >= 0.6 is 0 Å². The molecule has 17 heavy (non-hydrogen) atoms. The third-order valence-corrected chi connectivity index (χ3v) is 5.16. The molecule has 0 saturated carbocycles. The molecular formula is C13H19NO2S. The number of para-hydroxylation sites is 1. The quantitative estimate of drug-likeness (QED) is 0.830. The van der Waals surface area contributed by atoms with Crippen molar-refractivity contribution in [2.75, 3.05) is 16.6 Å². The van der Waals surface area contributed by atoms with Crippen molar-refractivity contribution < 1.29 is 8.42 Å². The molecule has 1 aromatic carbocycles. The minimum absolute atomic E-state index is 0.0998. The molecule has 1 heterocycles. The minimum Gasteiger partial charge on any atom is -0.269 e. The van der Waals surface area contributed by atoms with Crippen LogP contribution in [0.15, 0.2) is 24.3 Å². The summed E-state index contributed by atoms with van der Waals surface area (Å²) in [4.78, 5) is 0. The van der Waals surface area contributed by atoms with Gasteiger partial charge in [0.05, 0.1) is 11.4 Å². The monoisotopic (exact) mass is 253 g/mol. The third-order valence-electron chi connectivity index (χ3n) is 3.24. The summed E-state index contributed by atoms with van der Waals surface area (Å²) in [5.74, 6) is 0.220. The first-order valence-electron chi connectivity index (χ1n) is 5.98. The molecular weight excluding hydrogens is 234 g/mol. The molecule has 0 aliphatic carbocycles. The maximum atomic E-state index is 12.2. The minimum atomic E-state index is -3.16. The normalized spacial score (nSPS) is 18.2. The molecule has 4 heteroatoms. The SMILES string of the molecule is CCCS(=O)(=O)N1CC(C)(C)c2ccccc21. The lowest BCUT2D eigenvalue weighted by molar-refractivity contribution is 0.554. The summed E-state index contributed by atoms with van der Waals surface area (Å²) in [7, 11) is -3.16. The molecule has 0 N–H and O–H groups in total. The number of rotatable bonds is 3. The first-order chi connectivity index (χ1) is 7.88. The van der Waals surface area contributed by atoms with E-state index in [2.05, 4.69) is 13.8 Å². The largest absolute Gasteiger partial charge is 0.269 e. The average molecular weight is 253 g/mol. The fourth-order valence-electron chi connectivity index (χ4n) is 2.41. The predicted molar refractivity (Wildman–Crippen MR) is 70.9 cm³/mol. The Morgan fingerprint density at radius 2 is 1.94 bits per heavy atom. The van der Waals surface area contributed by atoms with Crippen LogP contribution in [-0.4, -0.2) is 20.7 Å². The summed E-state index contributed by atoms with van der Waals surface area (Å²) in [6.45, 7) is 6.62. The molecule has 94 valence electrons. The summed E-state index contributed by atoms with van der Waals surface area (Å²) < 4.78 is 26.0. The smallest absolute Gasteiger partial charge is 0.235 e. The fourth-order valence-corrected chi connectivity index (χ4v) is 4.12. The van der Waals surface area contributed by atoms with Crippen LogP contribution in [0.4, 0.5) is 5.69 Å². The Morgan fingerprint density at radius 1 is 1.29 bits per heavy atom. The van der Waals surface area contributed by atoms with Gasteiger partial charge in [0.2, 0.25) is 10.0 Å². The van der Waals surface area contributed by atoms with Gasteiger partial charge in [-0.3, -0.25) is 4.31 Å². The molecule has 1 aliphatic heterocycles. The van der Waals surface area contributed by atoms with Crippen LogP contribution in [0.3, 0.4) is 0 Å². The number of benzene rings is 1. The molecule has 0 fully saturated rings. The van der Waals surface area contributed by atoms with E-state index < -0.39 is 10.0 Å². The van der Waals surface area contributed by atoms with E-state index in [4.69, 9.17) is 0 Å². The Hall–Kier alpha value is -1.03.